The fourth-order valence-electron chi connectivity index (χ4n) is 1.74. The van der Waals surface area contributed by atoms with Crippen molar-refractivity contribution >= 4 is 0 Å². The first-order valence-corrected chi connectivity index (χ1v) is 5.99. The maximum absolute atomic E-state index is 13.4. The Kier molecular flexibility index (Phi) is 5.59. The molecule has 2 nitrogen and oxygen atoms in total. The molecule has 3 heteroatoms. The van der Waals surface area contributed by atoms with Gasteiger partial charge >= 0.3 is 0 Å². The zero-order valence-corrected chi connectivity index (χ0v) is 11.2. The highest BCUT2D eigenvalue weighted by Crippen LogP contribution is 2.18. The molecule has 0 aromatic heterocycles. The first-order chi connectivity index (χ1) is 8.02. The SMILES string of the molecule is COCCN(C)Cc1cc(F)cc(C(C)C)c1. The van der Waals surface area contributed by atoms with Gasteiger partial charge in [-0.25, -0.2) is 4.39 Å². The molecule has 1 aromatic carbocycles. The molecule has 1 rings (SSSR count). The Hall–Kier alpha value is -0.930. The van der Waals surface area contributed by atoms with Gasteiger partial charge in [0.25, 0.3) is 0 Å². The lowest BCUT2D eigenvalue weighted by Gasteiger charge is -2.17. The maximum atomic E-state index is 13.4. The predicted molar refractivity (Wildman–Crippen MR) is 68.7 cm³/mol. The van der Waals surface area contributed by atoms with Gasteiger partial charge < -0.3 is 4.74 Å². The summed E-state index contributed by atoms with van der Waals surface area (Å²) in [6.07, 6.45) is 0. The van der Waals surface area contributed by atoms with Gasteiger partial charge in [0.15, 0.2) is 0 Å². The van der Waals surface area contributed by atoms with Crippen molar-refractivity contribution in [2.24, 2.45) is 0 Å². The molecule has 0 saturated heterocycles. The lowest BCUT2D eigenvalue weighted by Crippen LogP contribution is -2.22. The quantitative estimate of drug-likeness (QED) is 0.756. The van der Waals surface area contributed by atoms with Crippen LogP contribution in [0.5, 0.6) is 0 Å². The van der Waals surface area contributed by atoms with Crippen molar-refractivity contribution in [1.29, 1.82) is 0 Å². The highest BCUT2D eigenvalue weighted by Gasteiger charge is 2.06. The van der Waals surface area contributed by atoms with Crippen LogP contribution in [0.3, 0.4) is 0 Å². The third-order valence-corrected chi connectivity index (χ3v) is 2.78. The van der Waals surface area contributed by atoms with Crippen LogP contribution in [0.2, 0.25) is 0 Å². The van der Waals surface area contributed by atoms with Crippen LogP contribution in [-0.2, 0) is 11.3 Å². The molecule has 0 aliphatic carbocycles. The molecule has 0 fully saturated rings. The van der Waals surface area contributed by atoms with E-state index in [0.29, 0.717) is 12.5 Å². The number of methoxy groups -OCH3 is 1. The van der Waals surface area contributed by atoms with E-state index in [4.69, 9.17) is 4.74 Å². The predicted octanol–water partition coefficient (Wildman–Crippen LogP) is 3.03. The highest BCUT2D eigenvalue weighted by atomic mass is 19.1. The van der Waals surface area contributed by atoms with Gasteiger partial charge in [-0.3, -0.25) is 4.90 Å². The number of hydrogen-bond acceptors (Lipinski definition) is 2. The zero-order valence-electron chi connectivity index (χ0n) is 11.2. The van der Waals surface area contributed by atoms with Crippen molar-refractivity contribution < 1.29 is 9.13 Å². The largest absolute Gasteiger partial charge is 0.383 e. The number of likely N-dealkylation sites (N-methyl/N-ethyl adjacent to an activating group) is 1. The Labute approximate surface area is 103 Å². The molecule has 0 spiro atoms. The summed E-state index contributed by atoms with van der Waals surface area (Å²) in [5.74, 6) is 0.208. The smallest absolute Gasteiger partial charge is 0.123 e. The fourth-order valence-corrected chi connectivity index (χ4v) is 1.74. The second-order valence-electron chi connectivity index (χ2n) is 4.78. The van der Waals surface area contributed by atoms with Crippen LogP contribution in [0, 0.1) is 5.82 Å². The van der Waals surface area contributed by atoms with Crippen molar-refractivity contribution in [1.82, 2.24) is 4.90 Å². The maximum Gasteiger partial charge on any atom is 0.123 e. The van der Waals surface area contributed by atoms with E-state index >= 15 is 0 Å². The number of nitrogens with zero attached hydrogens (tertiary/aromatic N) is 1. The molecule has 0 aliphatic heterocycles. The van der Waals surface area contributed by atoms with Crippen LogP contribution in [0.15, 0.2) is 18.2 Å². The Bertz CT molecular complexity index is 352. The molecule has 1 aromatic rings. The normalized spacial score (nSPS) is 11.5. The minimum absolute atomic E-state index is 0.147. The van der Waals surface area contributed by atoms with Crippen molar-refractivity contribution in [2.45, 2.75) is 26.3 Å². The summed E-state index contributed by atoms with van der Waals surface area (Å²) >= 11 is 0. The Morgan fingerprint density at radius 3 is 2.59 bits per heavy atom. The number of halogens is 1. The first kappa shape index (κ1) is 14.1. The Balaban J connectivity index is 2.70. The van der Waals surface area contributed by atoms with E-state index in [9.17, 15) is 4.39 Å². The van der Waals surface area contributed by atoms with Crippen LogP contribution >= 0.6 is 0 Å². The lowest BCUT2D eigenvalue weighted by atomic mass is 10.0. The average Bonchev–Trinajstić information content (AvgIpc) is 2.25. The molecule has 0 radical (unpaired) electrons. The summed E-state index contributed by atoms with van der Waals surface area (Å²) < 4.78 is 18.5. The summed E-state index contributed by atoms with van der Waals surface area (Å²) in [6.45, 7) is 6.45. The third kappa shape index (κ3) is 4.84. The zero-order chi connectivity index (χ0) is 12.8. The van der Waals surface area contributed by atoms with Crippen LogP contribution in [0.4, 0.5) is 4.39 Å². The van der Waals surface area contributed by atoms with Crippen molar-refractivity contribution in [3.63, 3.8) is 0 Å². The molecule has 0 amide bonds. The summed E-state index contributed by atoms with van der Waals surface area (Å²) in [6, 6.07) is 5.30. The van der Waals surface area contributed by atoms with Gasteiger partial charge in [-0.1, -0.05) is 19.9 Å². The number of benzene rings is 1. The molecule has 0 atom stereocenters. The van der Waals surface area contributed by atoms with E-state index in [1.165, 1.54) is 0 Å². The minimum Gasteiger partial charge on any atom is -0.383 e. The van der Waals surface area contributed by atoms with Gasteiger partial charge in [-0.2, -0.15) is 0 Å². The van der Waals surface area contributed by atoms with Gasteiger partial charge in [-0.15, -0.1) is 0 Å². The topological polar surface area (TPSA) is 12.5 Å². The standard InChI is InChI=1S/C14H22FNO/c1-11(2)13-7-12(8-14(15)9-13)10-16(3)5-6-17-4/h7-9,11H,5-6,10H2,1-4H3. The Morgan fingerprint density at radius 1 is 1.29 bits per heavy atom. The van der Waals surface area contributed by atoms with Gasteiger partial charge in [0, 0.05) is 20.2 Å². The third-order valence-electron chi connectivity index (χ3n) is 2.78. The second-order valence-corrected chi connectivity index (χ2v) is 4.78. The van der Waals surface area contributed by atoms with Crippen molar-refractivity contribution in [3.8, 4) is 0 Å². The molecule has 0 aliphatic rings. The van der Waals surface area contributed by atoms with E-state index in [0.717, 1.165) is 24.2 Å². The number of ether oxygens (including phenoxy) is 1. The highest BCUT2D eigenvalue weighted by molar-refractivity contribution is 5.26. The van der Waals surface area contributed by atoms with Crippen LogP contribution in [-0.4, -0.2) is 32.2 Å². The monoisotopic (exact) mass is 239 g/mol. The molecule has 0 saturated carbocycles. The van der Waals surface area contributed by atoms with Crippen molar-refractivity contribution in [3.05, 3.63) is 35.1 Å². The van der Waals surface area contributed by atoms with Crippen LogP contribution < -0.4 is 0 Å². The summed E-state index contributed by atoms with van der Waals surface area (Å²) in [5.41, 5.74) is 2.08. The van der Waals surface area contributed by atoms with E-state index in [2.05, 4.69) is 24.8 Å². The van der Waals surface area contributed by atoms with Gasteiger partial charge in [0.05, 0.1) is 6.61 Å². The van der Waals surface area contributed by atoms with Crippen LogP contribution in [0.1, 0.15) is 30.9 Å². The molecule has 0 N–H and O–H groups in total. The van der Waals surface area contributed by atoms with Gasteiger partial charge in [0.2, 0.25) is 0 Å². The van der Waals surface area contributed by atoms with E-state index in [-0.39, 0.29) is 5.82 Å². The van der Waals surface area contributed by atoms with Crippen molar-refractivity contribution in [2.75, 3.05) is 27.3 Å². The van der Waals surface area contributed by atoms with E-state index in [1.54, 1.807) is 19.2 Å². The second kappa shape index (κ2) is 6.72. The van der Waals surface area contributed by atoms with E-state index < -0.39 is 0 Å². The molecular formula is C14H22FNO. The van der Waals surface area contributed by atoms with Gasteiger partial charge in [0.1, 0.15) is 5.82 Å². The summed E-state index contributed by atoms with van der Waals surface area (Å²) in [7, 11) is 3.70. The molecule has 0 heterocycles. The molecular weight excluding hydrogens is 217 g/mol. The lowest BCUT2D eigenvalue weighted by molar-refractivity contribution is 0.158. The average molecular weight is 239 g/mol. The molecule has 0 unspecified atom stereocenters. The number of rotatable bonds is 6. The number of hydrogen-bond donors (Lipinski definition) is 0. The molecule has 96 valence electrons. The summed E-state index contributed by atoms with van der Waals surface area (Å²) in [4.78, 5) is 2.13. The first-order valence-electron chi connectivity index (χ1n) is 5.99. The fraction of sp³-hybridized carbons (Fsp3) is 0.571. The van der Waals surface area contributed by atoms with Crippen LogP contribution in [0.25, 0.3) is 0 Å². The summed E-state index contributed by atoms with van der Waals surface area (Å²) in [5, 5.41) is 0. The van der Waals surface area contributed by atoms with E-state index in [1.807, 2.05) is 7.05 Å². The Morgan fingerprint density at radius 2 is 2.00 bits per heavy atom. The molecule has 17 heavy (non-hydrogen) atoms. The minimum atomic E-state index is -0.147. The molecule has 0 bridgehead atoms. The van der Waals surface area contributed by atoms with Gasteiger partial charge in [-0.05, 0) is 36.2 Å².